The summed E-state index contributed by atoms with van der Waals surface area (Å²) in [6.07, 6.45) is 6.48. The minimum absolute atomic E-state index is 0.0446. The fourth-order valence-corrected chi connectivity index (χ4v) is 4.88. The van der Waals surface area contributed by atoms with Gasteiger partial charge in [0, 0.05) is 35.2 Å². The summed E-state index contributed by atoms with van der Waals surface area (Å²) in [5.41, 5.74) is 5.93. The predicted octanol–water partition coefficient (Wildman–Crippen LogP) is 4.56. The molecule has 1 aliphatic heterocycles. The van der Waals surface area contributed by atoms with Crippen LogP contribution in [0.5, 0.6) is 0 Å². The van der Waals surface area contributed by atoms with Crippen LogP contribution in [0.1, 0.15) is 69.4 Å². The van der Waals surface area contributed by atoms with E-state index >= 15 is 0 Å². The lowest BCUT2D eigenvalue weighted by atomic mass is 9.91. The van der Waals surface area contributed by atoms with Crippen molar-refractivity contribution >= 4 is 22.7 Å². The molecular formula is C27H31N7O. The zero-order valence-corrected chi connectivity index (χ0v) is 20.7. The minimum atomic E-state index is -0.107. The molecule has 4 heterocycles. The SMILES string of the molecule is CC1NCCc2ccc(Nc3ncc4c(=O)n(C5CC5)n(-c5ccnc(C(C)(C)C)c5)c4n3)cc21. The van der Waals surface area contributed by atoms with E-state index in [0.29, 0.717) is 23.0 Å². The molecule has 0 spiro atoms. The van der Waals surface area contributed by atoms with Gasteiger partial charge in [0.05, 0.1) is 11.7 Å². The normalized spacial score (nSPS) is 18.0. The first kappa shape index (κ1) is 22.0. The van der Waals surface area contributed by atoms with Crippen LogP contribution in [0, 0.1) is 0 Å². The van der Waals surface area contributed by atoms with E-state index in [0.717, 1.165) is 42.9 Å². The van der Waals surface area contributed by atoms with E-state index in [2.05, 4.69) is 72.6 Å². The van der Waals surface area contributed by atoms with Crippen molar-refractivity contribution in [1.29, 1.82) is 0 Å². The first-order chi connectivity index (χ1) is 16.8. The topological polar surface area (TPSA) is 89.7 Å². The number of anilines is 2. The van der Waals surface area contributed by atoms with Gasteiger partial charge in [-0.25, -0.2) is 14.3 Å². The number of fused-ring (bicyclic) bond motifs is 2. The van der Waals surface area contributed by atoms with E-state index in [1.54, 1.807) is 6.20 Å². The van der Waals surface area contributed by atoms with Crippen LogP contribution in [0.25, 0.3) is 16.7 Å². The predicted molar refractivity (Wildman–Crippen MR) is 138 cm³/mol. The number of hydrogen-bond acceptors (Lipinski definition) is 6. The van der Waals surface area contributed by atoms with Gasteiger partial charge in [-0.05, 0) is 68.1 Å². The number of nitrogens with zero attached hydrogens (tertiary/aromatic N) is 5. The average molecular weight is 470 g/mol. The van der Waals surface area contributed by atoms with E-state index < -0.39 is 0 Å². The first-order valence-corrected chi connectivity index (χ1v) is 12.4. The Hall–Kier alpha value is -3.52. The van der Waals surface area contributed by atoms with E-state index in [4.69, 9.17) is 4.98 Å². The third kappa shape index (κ3) is 3.91. The third-order valence-corrected chi connectivity index (χ3v) is 6.99. The number of aromatic nitrogens is 5. The summed E-state index contributed by atoms with van der Waals surface area (Å²) < 4.78 is 3.80. The molecule has 1 aliphatic carbocycles. The van der Waals surface area contributed by atoms with Crippen molar-refractivity contribution in [2.24, 2.45) is 0 Å². The molecule has 1 aromatic carbocycles. The molecule has 6 rings (SSSR count). The second kappa shape index (κ2) is 8.02. The van der Waals surface area contributed by atoms with E-state index in [1.807, 2.05) is 21.6 Å². The smallest absolute Gasteiger partial charge is 0.278 e. The number of hydrogen-bond donors (Lipinski definition) is 2. The Balaban J connectivity index is 1.46. The standard InChI is InChI=1S/C27H31N7O/c1-16-21-13-18(6-5-17(21)9-11-28-16)31-26-30-15-22-24(32-26)33(34(25(22)35)19-7-8-19)20-10-12-29-23(14-20)27(2,3)4/h5-6,10,12-16,19,28H,7-9,11H2,1-4H3,(H,30,31,32). The molecule has 2 aliphatic rings. The molecule has 8 heteroatoms. The number of benzene rings is 1. The largest absolute Gasteiger partial charge is 0.324 e. The van der Waals surface area contributed by atoms with Crippen LogP contribution >= 0.6 is 0 Å². The van der Waals surface area contributed by atoms with Crippen molar-refractivity contribution in [3.63, 3.8) is 0 Å². The van der Waals surface area contributed by atoms with Gasteiger partial charge in [-0.1, -0.05) is 26.8 Å². The molecule has 0 amide bonds. The van der Waals surface area contributed by atoms with Gasteiger partial charge in [0.15, 0.2) is 5.65 Å². The van der Waals surface area contributed by atoms with Crippen LogP contribution in [0.4, 0.5) is 11.6 Å². The molecule has 1 unspecified atom stereocenters. The molecule has 2 N–H and O–H groups in total. The summed E-state index contributed by atoms with van der Waals surface area (Å²) in [5.74, 6) is 0.473. The summed E-state index contributed by atoms with van der Waals surface area (Å²) >= 11 is 0. The highest BCUT2D eigenvalue weighted by molar-refractivity contribution is 5.77. The lowest BCUT2D eigenvalue weighted by molar-refractivity contribution is 0.541. The Morgan fingerprint density at radius 1 is 1.11 bits per heavy atom. The second-order valence-corrected chi connectivity index (χ2v) is 10.7. The lowest BCUT2D eigenvalue weighted by Gasteiger charge is -2.24. The van der Waals surface area contributed by atoms with Crippen molar-refractivity contribution in [2.75, 3.05) is 11.9 Å². The van der Waals surface area contributed by atoms with E-state index in [-0.39, 0.29) is 17.0 Å². The molecule has 3 aromatic heterocycles. The Labute approximate surface area is 204 Å². The molecule has 0 saturated heterocycles. The summed E-state index contributed by atoms with van der Waals surface area (Å²) in [4.78, 5) is 27.3. The highest BCUT2D eigenvalue weighted by Crippen LogP contribution is 2.36. The maximum Gasteiger partial charge on any atom is 0.278 e. The van der Waals surface area contributed by atoms with E-state index in [9.17, 15) is 4.79 Å². The summed E-state index contributed by atoms with van der Waals surface area (Å²) in [7, 11) is 0. The minimum Gasteiger partial charge on any atom is -0.324 e. The summed E-state index contributed by atoms with van der Waals surface area (Å²) in [6, 6.07) is 10.9. The Bertz CT molecular complexity index is 1490. The van der Waals surface area contributed by atoms with E-state index in [1.165, 1.54) is 11.1 Å². The quantitative estimate of drug-likeness (QED) is 0.455. The fraction of sp³-hybridized carbons (Fsp3) is 0.407. The highest BCUT2D eigenvalue weighted by Gasteiger charge is 2.31. The van der Waals surface area contributed by atoms with Gasteiger partial charge in [-0.3, -0.25) is 9.78 Å². The van der Waals surface area contributed by atoms with Crippen LogP contribution in [-0.4, -0.2) is 30.9 Å². The van der Waals surface area contributed by atoms with Crippen molar-refractivity contribution in [3.05, 3.63) is 69.9 Å². The number of nitrogens with one attached hydrogen (secondary N) is 2. The molecule has 0 radical (unpaired) electrons. The van der Waals surface area contributed by atoms with Gasteiger partial charge < -0.3 is 10.6 Å². The van der Waals surface area contributed by atoms with Crippen LogP contribution in [-0.2, 0) is 11.8 Å². The zero-order chi connectivity index (χ0) is 24.3. The summed E-state index contributed by atoms with van der Waals surface area (Å²) in [5, 5.41) is 7.41. The molecule has 1 fully saturated rings. The molecule has 35 heavy (non-hydrogen) atoms. The third-order valence-electron chi connectivity index (χ3n) is 6.99. The monoisotopic (exact) mass is 469 g/mol. The molecule has 8 nitrogen and oxygen atoms in total. The second-order valence-electron chi connectivity index (χ2n) is 10.7. The first-order valence-electron chi connectivity index (χ1n) is 12.4. The Morgan fingerprint density at radius 2 is 1.94 bits per heavy atom. The van der Waals surface area contributed by atoms with Crippen molar-refractivity contribution in [3.8, 4) is 5.69 Å². The molecule has 180 valence electrons. The maximum absolute atomic E-state index is 13.4. The number of rotatable bonds is 4. The average Bonchev–Trinajstić information content (AvgIpc) is 3.63. The van der Waals surface area contributed by atoms with Crippen LogP contribution in [0.2, 0.25) is 0 Å². The van der Waals surface area contributed by atoms with Gasteiger partial charge in [-0.15, -0.1) is 0 Å². The maximum atomic E-state index is 13.4. The van der Waals surface area contributed by atoms with Crippen molar-refractivity contribution in [2.45, 2.75) is 64.5 Å². The fourth-order valence-electron chi connectivity index (χ4n) is 4.88. The van der Waals surface area contributed by atoms with Crippen LogP contribution in [0.15, 0.2) is 47.5 Å². The zero-order valence-electron chi connectivity index (χ0n) is 20.7. The van der Waals surface area contributed by atoms with Gasteiger partial charge in [0.25, 0.3) is 5.56 Å². The molecule has 0 bridgehead atoms. The molecule has 1 atom stereocenters. The van der Waals surface area contributed by atoms with Gasteiger partial charge in [0.2, 0.25) is 5.95 Å². The Kier molecular flexibility index (Phi) is 5.03. The lowest BCUT2D eigenvalue weighted by Crippen LogP contribution is -2.27. The molecular weight excluding hydrogens is 438 g/mol. The highest BCUT2D eigenvalue weighted by atomic mass is 16.1. The number of pyridine rings is 1. The molecule has 4 aromatic rings. The van der Waals surface area contributed by atoms with Crippen molar-refractivity contribution < 1.29 is 0 Å². The van der Waals surface area contributed by atoms with Gasteiger partial charge >= 0.3 is 0 Å². The van der Waals surface area contributed by atoms with Crippen LogP contribution in [0.3, 0.4) is 0 Å². The Morgan fingerprint density at radius 3 is 2.71 bits per heavy atom. The summed E-state index contributed by atoms with van der Waals surface area (Å²) in [6.45, 7) is 9.60. The van der Waals surface area contributed by atoms with Crippen molar-refractivity contribution in [1.82, 2.24) is 29.6 Å². The van der Waals surface area contributed by atoms with Gasteiger partial charge in [-0.2, -0.15) is 4.98 Å². The molecule has 1 saturated carbocycles. The van der Waals surface area contributed by atoms with Crippen LogP contribution < -0.4 is 16.2 Å². The van der Waals surface area contributed by atoms with Gasteiger partial charge in [0.1, 0.15) is 5.39 Å².